The molecule has 19 heavy (non-hydrogen) atoms. The van der Waals surface area contributed by atoms with Gasteiger partial charge >= 0.3 is 0 Å². The molecule has 1 amide bonds. The molecule has 0 saturated heterocycles. The summed E-state index contributed by atoms with van der Waals surface area (Å²) in [5, 5.41) is 3.18. The van der Waals surface area contributed by atoms with Crippen LogP contribution in [0.2, 0.25) is 15.5 Å². The quantitative estimate of drug-likeness (QED) is 0.441. The molecular weight excluding hydrogens is 423 g/mol. The summed E-state index contributed by atoms with van der Waals surface area (Å²) >= 11 is 19.4. The number of nitrogens with zero attached hydrogens (tertiary/aromatic N) is 2. The summed E-state index contributed by atoms with van der Waals surface area (Å²) in [4.78, 5) is 19.5. The number of anilines is 1. The molecule has 0 unspecified atom stereocenters. The molecule has 98 valence electrons. The molecule has 1 aromatic heterocycles. The first-order chi connectivity index (χ1) is 8.95. The van der Waals surface area contributed by atoms with Crippen LogP contribution in [-0.4, -0.2) is 15.9 Å². The SMILES string of the molecule is O=C(Nc1cc(Cl)nc(Cl)n1)c1ccc(I)c(Cl)c1. The zero-order chi connectivity index (χ0) is 14.0. The van der Waals surface area contributed by atoms with Gasteiger partial charge in [0.2, 0.25) is 5.28 Å². The summed E-state index contributed by atoms with van der Waals surface area (Å²) in [6.07, 6.45) is 0. The highest BCUT2D eigenvalue weighted by atomic mass is 127. The highest BCUT2D eigenvalue weighted by Gasteiger charge is 2.10. The van der Waals surface area contributed by atoms with Gasteiger partial charge in [-0.1, -0.05) is 23.2 Å². The van der Waals surface area contributed by atoms with Gasteiger partial charge in [-0.25, -0.2) is 9.97 Å². The van der Waals surface area contributed by atoms with Crippen molar-refractivity contribution in [2.24, 2.45) is 0 Å². The van der Waals surface area contributed by atoms with E-state index in [1.54, 1.807) is 18.2 Å². The van der Waals surface area contributed by atoms with Gasteiger partial charge in [0.05, 0.1) is 5.02 Å². The fourth-order valence-corrected chi connectivity index (χ4v) is 2.20. The van der Waals surface area contributed by atoms with Crippen molar-refractivity contribution >= 4 is 69.1 Å². The molecule has 2 aromatic rings. The zero-order valence-electron chi connectivity index (χ0n) is 9.12. The van der Waals surface area contributed by atoms with Gasteiger partial charge in [0.1, 0.15) is 11.0 Å². The van der Waals surface area contributed by atoms with Crippen LogP contribution in [0.25, 0.3) is 0 Å². The second-order valence-electron chi connectivity index (χ2n) is 3.43. The standard InChI is InChI=1S/C11H5Cl3IN3O/c12-6-3-5(1-2-7(6)15)10(19)17-9-4-8(13)16-11(14)18-9/h1-4H,(H,16,17,18,19). The maximum absolute atomic E-state index is 12.0. The molecule has 1 heterocycles. The lowest BCUT2D eigenvalue weighted by Crippen LogP contribution is -2.13. The highest BCUT2D eigenvalue weighted by molar-refractivity contribution is 14.1. The highest BCUT2D eigenvalue weighted by Crippen LogP contribution is 2.21. The van der Waals surface area contributed by atoms with Crippen molar-refractivity contribution in [3.05, 3.63) is 48.9 Å². The molecule has 2 rings (SSSR count). The summed E-state index contributed by atoms with van der Waals surface area (Å²) in [7, 11) is 0. The van der Waals surface area contributed by atoms with Crippen LogP contribution in [0.5, 0.6) is 0 Å². The Morgan fingerprint density at radius 3 is 2.53 bits per heavy atom. The third-order valence-corrected chi connectivity index (χ3v) is 4.03. The molecule has 0 saturated carbocycles. The Labute approximate surface area is 137 Å². The van der Waals surface area contributed by atoms with E-state index >= 15 is 0 Å². The predicted octanol–water partition coefficient (Wildman–Crippen LogP) is 4.29. The average molecular weight is 428 g/mol. The largest absolute Gasteiger partial charge is 0.306 e. The second-order valence-corrected chi connectivity index (χ2v) is 5.72. The zero-order valence-corrected chi connectivity index (χ0v) is 13.5. The molecule has 0 spiro atoms. The molecule has 0 bridgehead atoms. The minimum absolute atomic E-state index is 0.0385. The van der Waals surface area contributed by atoms with Gasteiger partial charge in [-0.3, -0.25) is 4.79 Å². The van der Waals surface area contributed by atoms with E-state index in [2.05, 4.69) is 37.9 Å². The summed E-state index contributed by atoms with van der Waals surface area (Å²) in [5.41, 5.74) is 0.413. The minimum atomic E-state index is -0.357. The van der Waals surface area contributed by atoms with Crippen molar-refractivity contribution < 1.29 is 4.79 Å². The Bertz CT molecular complexity index is 631. The number of nitrogens with one attached hydrogen (secondary N) is 1. The fraction of sp³-hybridized carbons (Fsp3) is 0. The van der Waals surface area contributed by atoms with Crippen LogP contribution in [0.3, 0.4) is 0 Å². The molecule has 0 aliphatic rings. The molecule has 0 radical (unpaired) electrons. The van der Waals surface area contributed by atoms with E-state index in [-0.39, 0.29) is 22.2 Å². The lowest BCUT2D eigenvalue weighted by Gasteiger charge is -2.06. The molecule has 1 aromatic carbocycles. The van der Waals surface area contributed by atoms with Crippen LogP contribution < -0.4 is 5.32 Å². The van der Waals surface area contributed by atoms with Crippen LogP contribution in [0.15, 0.2) is 24.3 Å². The first-order valence-corrected chi connectivity index (χ1v) is 7.13. The van der Waals surface area contributed by atoms with E-state index < -0.39 is 0 Å². The van der Waals surface area contributed by atoms with Crippen molar-refractivity contribution in [3.63, 3.8) is 0 Å². The van der Waals surface area contributed by atoms with E-state index in [0.717, 1.165) is 3.57 Å². The first-order valence-electron chi connectivity index (χ1n) is 4.92. The molecule has 4 nitrogen and oxygen atoms in total. The molecule has 0 aliphatic heterocycles. The maximum Gasteiger partial charge on any atom is 0.256 e. The number of halogens is 4. The van der Waals surface area contributed by atoms with Crippen LogP contribution in [-0.2, 0) is 0 Å². The fourth-order valence-electron chi connectivity index (χ4n) is 1.28. The van der Waals surface area contributed by atoms with Gasteiger partial charge in [-0.2, -0.15) is 0 Å². The topological polar surface area (TPSA) is 54.9 Å². The number of amides is 1. The third-order valence-electron chi connectivity index (χ3n) is 2.09. The Morgan fingerprint density at radius 2 is 1.89 bits per heavy atom. The lowest BCUT2D eigenvalue weighted by molar-refractivity contribution is 0.102. The number of aromatic nitrogens is 2. The van der Waals surface area contributed by atoms with Crippen molar-refractivity contribution in [3.8, 4) is 0 Å². The van der Waals surface area contributed by atoms with Gasteiger partial charge in [-0.05, 0) is 52.4 Å². The third kappa shape index (κ3) is 3.92. The Hall–Kier alpha value is -0.630. The number of carbonyl (C=O) groups excluding carboxylic acids is 1. The molecule has 1 N–H and O–H groups in total. The van der Waals surface area contributed by atoms with Crippen LogP contribution in [0, 0.1) is 3.57 Å². The van der Waals surface area contributed by atoms with Crippen LogP contribution in [0.4, 0.5) is 5.82 Å². The van der Waals surface area contributed by atoms with Crippen LogP contribution >= 0.6 is 57.4 Å². The average Bonchev–Trinajstić information content (AvgIpc) is 2.31. The van der Waals surface area contributed by atoms with Crippen molar-refractivity contribution in [2.45, 2.75) is 0 Å². The monoisotopic (exact) mass is 427 g/mol. The molecule has 0 fully saturated rings. The Kier molecular flexibility index (Phi) is 4.83. The smallest absolute Gasteiger partial charge is 0.256 e. The Balaban J connectivity index is 2.22. The van der Waals surface area contributed by atoms with Crippen molar-refractivity contribution in [1.82, 2.24) is 9.97 Å². The molecule has 8 heteroatoms. The maximum atomic E-state index is 12.0. The summed E-state index contributed by atoms with van der Waals surface area (Å²) < 4.78 is 0.865. The van der Waals surface area contributed by atoms with E-state index in [1.165, 1.54) is 6.07 Å². The number of carbonyl (C=O) groups is 1. The summed E-state index contributed by atoms with van der Waals surface area (Å²) in [6, 6.07) is 6.38. The van der Waals surface area contributed by atoms with Gasteiger partial charge < -0.3 is 5.32 Å². The minimum Gasteiger partial charge on any atom is -0.306 e. The van der Waals surface area contributed by atoms with Crippen LogP contribution in [0.1, 0.15) is 10.4 Å². The second kappa shape index (κ2) is 6.21. The molecule has 0 atom stereocenters. The number of hydrogen-bond acceptors (Lipinski definition) is 3. The lowest BCUT2D eigenvalue weighted by atomic mass is 10.2. The van der Waals surface area contributed by atoms with Crippen molar-refractivity contribution in [1.29, 1.82) is 0 Å². The predicted molar refractivity (Wildman–Crippen MR) is 84.2 cm³/mol. The summed E-state index contributed by atoms with van der Waals surface area (Å²) in [5.74, 6) is -0.131. The first kappa shape index (κ1) is 14.8. The number of hydrogen-bond donors (Lipinski definition) is 1. The van der Waals surface area contributed by atoms with Crippen molar-refractivity contribution in [2.75, 3.05) is 5.32 Å². The van der Waals surface area contributed by atoms with E-state index in [0.29, 0.717) is 10.6 Å². The van der Waals surface area contributed by atoms with Gasteiger partial charge in [-0.15, -0.1) is 0 Å². The van der Waals surface area contributed by atoms with E-state index in [1.807, 2.05) is 0 Å². The van der Waals surface area contributed by atoms with Gasteiger partial charge in [0.25, 0.3) is 5.91 Å². The normalized spacial score (nSPS) is 10.3. The summed E-state index contributed by atoms with van der Waals surface area (Å²) in [6.45, 7) is 0. The Morgan fingerprint density at radius 1 is 1.16 bits per heavy atom. The van der Waals surface area contributed by atoms with E-state index in [9.17, 15) is 4.79 Å². The van der Waals surface area contributed by atoms with Gasteiger partial charge in [0.15, 0.2) is 0 Å². The molecule has 0 aliphatic carbocycles. The molecular formula is C11H5Cl3IN3O. The van der Waals surface area contributed by atoms with E-state index in [4.69, 9.17) is 34.8 Å². The van der Waals surface area contributed by atoms with Gasteiger partial charge in [0, 0.05) is 15.2 Å². The number of rotatable bonds is 2. The number of benzene rings is 1.